The van der Waals surface area contributed by atoms with Crippen molar-refractivity contribution >= 4 is 11.3 Å². The fraction of sp³-hybridized carbons (Fsp3) is 0.286. The fourth-order valence-electron chi connectivity index (χ4n) is 1.83. The van der Waals surface area contributed by atoms with Gasteiger partial charge in [-0.05, 0) is 48.1 Å². The molecule has 2 nitrogen and oxygen atoms in total. The van der Waals surface area contributed by atoms with E-state index in [1.807, 2.05) is 18.2 Å². The van der Waals surface area contributed by atoms with E-state index in [9.17, 15) is 0 Å². The van der Waals surface area contributed by atoms with E-state index < -0.39 is 0 Å². The van der Waals surface area contributed by atoms with Crippen molar-refractivity contribution in [2.24, 2.45) is 5.73 Å². The Morgan fingerprint density at radius 3 is 2.82 bits per heavy atom. The Morgan fingerprint density at radius 1 is 1.35 bits per heavy atom. The Labute approximate surface area is 106 Å². The molecular formula is C14H17NOS. The van der Waals surface area contributed by atoms with Crippen molar-refractivity contribution in [2.75, 3.05) is 7.11 Å². The molecule has 0 radical (unpaired) electrons. The quantitative estimate of drug-likeness (QED) is 0.899. The highest BCUT2D eigenvalue weighted by Gasteiger charge is 2.09. The molecule has 2 rings (SSSR count). The molecule has 0 spiro atoms. The summed E-state index contributed by atoms with van der Waals surface area (Å²) < 4.78 is 5.21. The van der Waals surface area contributed by atoms with Crippen molar-refractivity contribution in [3.05, 3.63) is 51.7 Å². The van der Waals surface area contributed by atoms with E-state index in [0.29, 0.717) is 0 Å². The maximum Gasteiger partial charge on any atom is 0.119 e. The summed E-state index contributed by atoms with van der Waals surface area (Å²) in [4.78, 5) is 1.31. The van der Waals surface area contributed by atoms with E-state index in [2.05, 4.69) is 24.4 Å². The number of rotatable bonds is 4. The zero-order valence-corrected chi connectivity index (χ0v) is 11.0. The number of nitrogens with two attached hydrogens (primary N) is 1. The maximum absolute atomic E-state index is 6.20. The monoisotopic (exact) mass is 247 g/mol. The van der Waals surface area contributed by atoms with Gasteiger partial charge in [-0.15, -0.1) is 11.3 Å². The van der Waals surface area contributed by atoms with Crippen LogP contribution in [0.25, 0.3) is 0 Å². The molecule has 1 atom stereocenters. The molecule has 3 heteroatoms. The molecule has 0 saturated heterocycles. The Hall–Kier alpha value is -1.32. The molecule has 0 aliphatic carbocycles. The molecule has 0 amide bonds. The Morgan fingerprint density at radius 2 is 2.18 bits per heavy atom. The molecule has 0 saturated carbocycles. The normalized spacial score (nSPS) is 12.4. The van der Waals surface area contributed by atoms with Gasteiger partial charge < -0.3 is 10.5 Å². The van der Waals surface area contributed by atoms with Crippen molar-refractivity contribution in [1.82, 2.24) is 0 Å². The lowest BCUT2D eigenvalue weighted by atomic mass is 10.0. The minimum absolute atomic E-state index is 0.0621. The molecule has 1 aromatic heterocycles. The van der Waals surface area contributed by atoms with Gasteiger partial charge in [0, 0.05) is 10.9 Å². The molecule has 0 aliphatic heterocycles. The third-order valence-corrected chi connectivity index (χ3v) is 3.65. The summed E-state index contributed by atoms with van der Waals surface area (Å²) in [7, 11) is 1.68. The van der Waals surface area contributed by atoms with Crippen LogP contribution in [-0.2, 0) is 6.42 Å². The fourth-order valence-corrected chi connectivity index (χ4v) is 2.60. The Bertz CT molecular complexity index is 492. The Balaban J connectivity index is 2.09. The molecule has 1 heterocycles. The van der Waals surface area contributed by atoms with Crippen LogP contribution in [0.2, 0.25) is 0 Å². The van der Waals surface area contributed by atoms with Crippen LogP contribution in [0.4, 0.5) is 0 Å². The van der Waals surface area contributed by atoms with Gasteiger partial charge in [0.25, 0.3) is 0 Å². The van der Waals surface area contributed by atoms with Crippen LogP contribution in [0.3, 0.4) is 0 Å². The molecule has 1 unspecified atom stereocenters. The largest absolute Gasteiger partial charge is 0.497 e. The van der Waals surface area contributed by atoms with E-state index >= 15 is 0 Å². The highest BCUT2D eigenvalue weighted by Crippen LogP contribution is 2.23. The van der Waals surface area contributed by atoms with Crippen LogP contribution in [0.1, 0.15) is 22.0 Å². The number of hydrogen-bond donors (Lipinski definition) is 1. The highest BCUT2D eigenvalue weighted by molar-refractivity contribution is 7.10. The number of methoxy groups -OCH3 is 1. The molecule has 1 aromatic carbocycles. The average molecular weight is 247 g/mol. The molecule has 0 fully saturated rings. The predicted octanol–water partition coefficient (Wildman–Crippen LogP) is 3.31. The molecular weight excluding hydrogens is 230 g/mol. The summed E-state index contributed by atoms with van der Waals surface area (Å²) in [5, 5.41) is 2.14. The van der Waals surface area contributed by atoms with E-state index in [-0.39, 0.29) is 6.04 Å². The van der Waals surface area contributed by atoms with Gasteiger partial charge in [0.15, 0.2) is 0 Å². The van der Waals surface area contributed by atoms with Crippen LogP contribution in [0.15, 0.2) is 35.7 Å². The van der Waals surface area contributed by atoms with Gasteiger partial charge in [-0.3, -0.25) is 0 Å². The van der Waals surface area contributed by atoms with Gasteiger partial charge in [-0.1, -0.05) is 12.1 Å². The van der Waals surface area contributed by atoms with Crippen molar-refractivity contribution in [3.8, 4) is 5.75 Å². The second-order valence-corrected chi connectivity index (χ2v) is 5.27. The number of hydrogen-bond acceptors (Lipinski definition) is 3. The van der Waals surface area contributed by atoms with Crippen molar-refractivity contribution < 1.29 is 4.74 Å². The van der Waals surface area contributed by atoms with Crippen LogP contribution in [0.5, 0.6) is 5.75 Å². The molecule has 2 aromatic rings. The molecule has 0 bridgehead atoms. The van der Waals surface area contributed by atoms with E-state index in [0.717, 1.165) is 12.2 Å². The summed E-state index contributed by atoms with van der Waals surface area (Å²) in [6.07, 6.45) is 0.841. The van der Waals surface area contributed by atoms with Gasteiger partial charge in [0.05, 0.1) is 7.11 Å². The molecule has 90 valence electrons. The van der Waals surface area contributed by atoms with Gasteiger partial charge in [-0.25, -0.2) is 0 Å². The molecule has 17 heavy (non-hydrogen) atoms. The molecule has 2 N–H and O–H groups in total. The number of benzene rings is 1. The lowest BCUT2D eigenvalue weighted by Gasteiger charge is -2.10. The first-order chi connectivity index (χ1) is 8.19. The standard InChI is InChI=1S/C14H17NOS/c1-10-6-12(9-17-10)14(15)8-11-4-3-5-13(7-11)16-2/h3-7,9,14H,8,15H2,1-2H3. The van der Waals surface area contributed by atoms with Gasteiger partial charge >= 0.3 is 0 Å². The molecule has 0 aliphatic rings. The lowest BCUT2D eigenvalue weighted by Crippen LogP contribution is -2.12. The van der Waals surface area contributed by atoms with E-state index in [1.165, 1.54) is 16.0 Å². The third-order valence-electron chi connectivity index (χ3n) is 2.77. The summed E-state index contributed by atoms with van der Waals surface area (Å²) in [5.41, 5.74) is 8.62. The number of ether oxygens (including phenoxy) is 1. The van der Waals surface area contributed by atoms with Crippen molar-refractivity contribution in [1.29, 1.82) is 0 Å². The van der Waals surface area contributed by atoms with Crippen LogP contribution in [-0.4, -0.2) is 7.11 Å². The predicted molar refractivity (Wildman–Crippen MR) is 72.7 cm³/mol. The van der Waals surface area contributed by atoms with E-state index in [1.54, 1.807) is 18.4 Å². The summed E-state index contributed by atoms with van der Waals surface area (Å²) in [6, 6.07) is 10.3. The van der Waals surface area contributed by atoms with Gasteiger partial charge in [0.2, 0.25) is 0 Å². The van der Waals surface area contributed by atoms with Gasteiger partial charge in [0.1, 0.15) is 5.75 Å². The summed E-state index contributed by atoms with van der Waals surface area (Å²) >= 11 is 1.75. The Kier molecular flexibility index (Phi) is 3.82. The smallest absolute Gasteiger partial charge is 0.119 e. The van der Waals surface area contributed by atoms with E-state index in [4.69, 9.17) is 10.5 Å². The van der Waals surface area contributed by atoms with Crippen LogP contribution < -0.4 is 10.5 Å². The number of aryl methyl sites for hydroxylation is 1. The minimum atomic E-state index is 0.0621. The van der Waals surface area contributed by atoms with Gasteiger partial charge in [-0.2, -0.15) is 0 Å². The SMILES string of the molecule is COc1cccc(CC(N)c2csc(C)c2)c1. The van der Waals surface area contributed by atoms with Crippen LogP contribution in [0, 0.1) is 6.92 Å². The summed E-state index contributed by atoms with van der Waals surface area (Å²) in [6.45, 7) is 2.10. The lowest BCUT2D eigenvalue weighted by molar-refractivity contribution is 0.414. The third kappa shape index (κ3) is 3.08. The van der Waals surface area contributed by atoms with Crippen LogP contribution >= 0.6 is 11.3 Å². The first kappa shape index (κ1) is 12.1. The summed E-state index contributed by atoms with van der Waals surface area (Å²) in [5.74, 6) is 0.885. The zero-order valence-electron chi connectivity index (χ0n) is 10.1. The highest BCUT2D eigenvalue weighted by atomic mass is 32.1. The second kappa shape index (κ2) is 5.34. The first-order valence-corrected chi connectivity index (χ1v) is 6.50. The first-order valence-electron chi connectivity index (χ1n) is 5.62. The van der Waals surface area contributed by atoms with Crippen molar-refractivity contribution in [2.45, 2.75) is 19.4 Å². The zero-order chi connectivity index (χ0) is 12.3. The average Bonchev–Trinajstić information content (AvgIpc) is 2.76. The second-order valence-electron chi connectivity index (χ2n) is 4.15. The maximum atomic E-state index is 6.20. The van der Waals surface area contributed by atoms with Crippen molar-refractivity contribution in [3.63, 3.8) is 0 Å². The minimum Gasteiger partial charge on any atom is -0.497 e. The number of thiophene rings is 1. The topological polar surface area (TPSA) is 35.2 Å².